The van der Waals surface area contributed by atoms with Crippen molar-refractivity contribution < 1.29 is 0 Å². The molecule has 0 spiro atoms. The fourth-order valence-electron chi connectivity index (χ4n) is 7.74. The highest BCUT2D eigenvalue weighted by molar-refractivity contribution is 6.12. The number of fused-ring (bicyclic) bond motifs is 6. The van der Waals surface area contributed by atoms with E-state index >= 15 is 0 Å². The number of hydrogen-bond donors (Lipinski definition) is 0. The van der Waals surface area contributed by atoms with Crippen LogP contribution in [-0.2, 0) is 0 Å². The van der Waals surface area contributed by atoms with Gasteiger partial charge in [-0.15, -0.1) is 0 Å². The smallest absolute Gasteiger partial charge is 0.0974 e. The molecule has 66 heavy (non-hydrogen) atoms. The van der Waals surface area contributed by atoms with Gasteiger partial charge in [-0.05, 0) is 120 Å². The van der Waals surface area contributed by atoms with Crippen molar-refractivity contribution in [1.82, 2.24) is 39.9 Å². The van der Waals surface area contributed by atoms with Gasteiger partial charge in [0, 0.05) is 82.5 Å². The molecule has 0 saturated carbocycles. The summed E-state index contributed by atoms with van der Waals surface area (Å²) in [5.41, 5.74) is 14.9. The molecule has 0 unspecified atom stereocenters. The molecule has 0 fully saturated rings. The van der Waals surface area contributed by atoms with E-state index in [1.165, 1.54) is 33.4 Å². The Balaban J connectivity index is 0.000000121. The zero-order valence-electron chi connectivity index (χ0n) is 36.5. The van der Waals surface area contributed by atoms with Gasteiger partial charge in [0.2, 0.25) is 0 Å². The molecule has 0 amide bonds. The maximum atomic E-state index is 4.90. The molecule has 12 aromatic rings. The molecule has 8 heteroatoms. The van der Waals surface area contributed by atoms with Crippen LogP contribution < -0.4 is 0 Å². The normalized spacial score (nSPS) is 10.6. The largest absolute Gasteiger partial charge is 0.265 e. The Morgan fingerprint density at radius 3 is 1.08 bits per heavy atom. The first-order valence-corrected chi connectivity index (χ1v) is 21.6. The maximum Gasteiger partial charge on any atom is 0.0974 e. The van der Waals surface area contributed by atoms with E-state index in [0.29, 0.717) is 0 Å². The van der Waals surface area contributed by atoms with Gasteiger partial charge in [0.05, 0.1) is 33.5 Å². The van der Waals surface area contributed by atoms with Gasteiger partial charge in [-0.2, -0.15) is 0 Å². The van der Waals surface area contributed by atoms with Gasteiger partial charge < -0.3 is 0 Å². The molecule has 0 atom stereocenters. The average molecular weight is 853 g/mol. The van der Waals surface area contributed by atoms with Crippen molar-refractivity contribution in [2.75, 3.05) is 0 Å². The van der Waals surface area contributed by atoms with Gasteiger partial charge in [0.1, 0.15) is 0 Å². The lowest BCUT2D eigenvalue weighted by Gasteiger charge is -2.13. The van der Waals surface area contributed by atoms with E-state index in [-0.39, 0.29) is 0 Å². The second-order valence-electron chi connectivity index (χ2n) is 15.3. The van der Waals surface area contributed by atoms with Crippen molar-refractivity contribution in [3.8, 4) is 44.8 Å². The molecule has 8 heterocycles. The molecule has 0 bridgehead atoms. The number of nitrogens with zero attached hydrogens (tertiary/aromatic N) is 8. The monoisotopic (exact) mass is 852 g/mol. The fraction of sp³-hybridized carbons (Fsp3) is 0.0345. The lowest BCUT2D eigenvalue weighted by molar-refractivity contribution is 1.23. The molecule has 0 saturated heterocycles. The number of hydrogen-bond acceptors (Lipinski definition) is 8. The quantitative estimate of drug-likeness (QED) is 0.161. The predicted octanol–water partition coefficient (Wildman–Crippen LogP) is 13.8. The number of aryl methyl sites for hydroxylation is 2. The Kier molecular flexibility index (Phi) is 13.2. The summed E-state index contributed by atoms with van der Waals surface area (Å²) in [4.78, 5) is 34.8. The van der Waals surface area contributed by atoms with Crippen molar-refractivity contribution in [3.05, 3.63) is 243 Å². The summed E-state index contributed by atoms with van der Waals surface area (Å²) < 4.78 is 0. The van der Waals surface area contributed by atoms with Crippen LogP contribution >= 0.6 is 0 Å². The van der Waals surface area contributed by atoms with E-state index in [1.54, 1.807) is 49.6 Å². The minimum absolute atomic E-state index is 0.915. The number of aromatic nitrogens is 8. The number of benzene rings is 4. The summed E-state index contributed by atoms with van der Waals surface area (Å²) >= 11 is 0. The highest BCUT2D eigenvalue weighted by Gasteiger charge is 2.14. The van der Waals surface area contributed by atoms with Crippen molar-refractivity contribution in [3.63, 3.8) is 0 Å². The van der Waals surface area contributed by atoms with Gasteiger partial charge in [-0.1, -0.05) is 109 Å². The first-order chi connectivity index (χ1) is 32.6. The minimum Gasteiger partial charge on any atom is -0.265 e. The van der Waals surface area contributed by atoms with Crippen molar-refractivity contribution >= 4 is 43.6 Å². The summed E-state index contributed by atoms with van der Waals surface area (Å²) in [6.07, 6.45) is 14.3. The van der Waals surface area contributed by atoms with Gasteiger partial charge in [-0.25, -0.2) is 0 Å². The highest BCUT2D eigenvalue weighted by atomic mass is 14.8. The third-order valence-corrected chi connectivity index (χ3v) is 10.8. The molecular weight excluding hydrogens is 809 g/mol. The van der Waals surface area contributed by atoms with Crippen LogP contribution in [0, 0.1) is 13.8 Å². The third-order valence-electron chi connectivity index (χ3n) is 10.8. The van der Waals surface area contributed by atoms with Crippen LogP contribution in [0.1, 0.15) is 11.4 Å². The summed E-state index contributed by atoms with van der Waals surface area (Å²) in [5.74, 6) is 0. The second kappa shape index (κ2) is 20.5. The van der Waals surface area contributed by atoms with Crippen LogP contribution in [-0.4, -0.2) is 39.9 Å². The predicted molar refractivity (Wildman–Crippen MR) is 269 cm³/mol. The van der Waals surface area contributed by atoms with E-state index in [1.807, 2.05) is 84.9 Å². The minimum atomic E-state index is 0.915. The third kappa shape index (κ3) is 9.99. The van der Waals surface area contributed by atoms with Crippen molar-refractivity contribution in [2.24, 2.45) is 0 Å². The SMILES string of the molecule is Cc1cc(-c2ccccc2)c2ccc3c(-c4ccccc4)cc(C)nc3c2n1.c1cc(-c2ccncc2)ccn1.c1ccc(-c2ccccn2)nc1.c1cnc2c(c1)ccc1cccnc12. The van der Waals surface area contributed by atoms with Crippen molar-refractivity contribution in [1.29, 1.82) is 0 Å². The standard InChI is InChI=1S/C26H20N2.C12H8N2.2C10H8N2/c1-17-15-23(19-9-5-3-6-10-19)21-13-14-22-24(20-11-7-4-8-12-20)16-18(2)28-26(22)25(21)27-17;1-3-9-5-6-10-4-2-8-14-12(10)11(9)13-7-1;1-5-11-6-2-9(1)10-3-7-12-8-4-10;1-3-7-11-9(5-1)10-6-2-4-8-12-10/h3-16H,1-2H3;1-8H;2*1-8H. The lowest BCUT2D eigenvalue weighted by atomic mass is 9.95. The molecule has 0 radical (unpaired) electrons. The lowest BCUT2D eigenvalue weighted by Crippen LogP contribution is -1.94. The summed E-state index contributed by atoms with van der Waals surface area (Å²) in [6, 6.07) is 61.4. The van der Waals surface area contributed by atoms with Gasteiger partial charge in [0.15, 0.2) is 0 Å². The fourth-order valence-corrected chi connectivity index (χ4v) is 7.74. The molecule has 4 aromatic carbocycles. The molecule has 0 aliphatic heterocycles. The zero-order valence-corrected chi connectivity index (χ0v) is 36.5. The number of pyridine rings is 8. The number of rotatable bonds is 4. The zero-order chi connectivity index (χ0) is 44.9. The van der Waals surface area contributed by atoms with Crippen LogP contribution in [0.15, 0.2) is 232 Å². The Morgan fingerprint density at radius 1 is 0.288 bits per heavy atom. The van der Waals surface area contributed by atoms with Crippen LogP contribution in [0.2, 0.25) is 0 Å². The average Bonchev–Trinajstić information content (AvgIpc) is 3.40. The van der Waals surface area contributed by atoms with E-state index in [0.717, 1.165) is 66.4 Å². The molecule has 0 N–H and O–H groups in total. The Morgan fingerprint density at radius 2 is 0.682 bits per heavy atom. The van der Waals surface area contributed by atoms with Gasteiger partial charge >= 0.3 is 0 Å². The van der Waals surface area contributed by atoms with Gasteiger partial charge in [0.25, 0.3) is 0 Å². The highest BCUT2D eigenvalue weighted by Crippen LogP contribution is 2.36. The van der Waals surface area contributed by atoms with E-state index in [9.17, 15) is 0 Å². The molecule has 316 valence electrons. The topological polar surface area (TPSA) is 103 Å². The van der Waals surface area contributed by atoms with E-state index in [4.69, 9.17) is 9.97 Å². The summed E-state index contributed by atoms with van der Waals surface area (Å²) in [7, 11) is 0. The Bertz CT molecular complexity index is 3160. The summed E-state index contributed by atoms with van der Waals surface area (Å²) in [6.45, 7) is 4.11. The van der Waals surface area contributed by atoms with Crippen LogP contribution in [0.4, 0.5) is 0 Å². The first-order valence-electron chi connectivity index (χ1n) is 21.6. The van der Waals surface area contributed by atoms with Crippen LogP contribution in [0.5, 0.6) is 0 Å². The Labute approximate surface area is 383 Å². The molecule has 8 nitrogen and oxygen atoms in total. The first kappa shape index (κ1) is 42.4. The van der Waals surface area contributed by atoms with Gasteiger partial charge in [-0.3, -0.25) is 39.9 Å². The van der Waals surface area contributed by atoms with Crippen LogP contribution in [0.25, 0.3) is 88.4 Å². The molecule has 8 aromatic heterocycles. The van der Waals surface area contributed by atoms with E-state index in [2.05, 4.69) is 141 Å². The summed E-state index contributed by atoms with van der Waals surface area (Å²) in [5, 5.41) is 4.56. The molecule has 0 aliphatic rings. The molecule has 0 aliphatic carbocycles. The second-order valence-corrected chi connectivity index (χ2v) is 15.3. The molecule has 12 rings (SSSR count). The van der Waals surface area contributed by atoms with Crippen LogP contribution in [0.3, 0.4) is 0 Å². The maximum absolute atomic E-state index is 4.90. The molecular formula is C58H44N8. The Hall–Kier alpha value is -8.88. The van der Waals surface area contributed by atoms with E-state index < -0.39 is 0 Å². The van der Waals surface area contributed by atoms with Crippen molar-refractivity contribution in [2.45, 2.75) is 13.8 Å².